The average Bonchev–Trinajstić information content (AvgIpc) is 2.53. The molecule has 3 N–H and O–H groups in total. The smallest absolute Gasteiger partial charge is 0.191 e. The molecule has 6 heteroatoms. The van der Waals surface area contributed by atoms with Gasteiger partial charge in [0.2, 0.25) is 0 Å². The molecule has 0 fully saturated rings. The Morgan fingerprint density at radius 1 is 1.20 bits per heavy atom. The molecule has 0 saturated carbocycles. The molecule has 0 aliphatic carbocycles. The summed E-state index contributed by atoms with van der Waals surface area (Å²) in [5.74, 6) is 1.45. The standard InChI is InChI=1S/C14H18N4OS/c1-15-12-8-13(18-14(17-12)20-2)16-9-11(19)10-6-4-3-5-7-10/h3-8,11,19H,9H2,1-2H3,(H2,15,16,17,18). The molecular formula is C14H18N4OS. The van der Waals surface area contributed by atoms with E-state index in [1.807, 2.05) is 49.7 Å². The lowest BCUT2D eigenvalue weighted by Gasteiger charge is -2.13. The summed E-state index contributed by atoms with van der Waals surface area (Å²) in [4.78, 5) is 8.65. The fraction of sp³-hybridized carbons (Fsp3) is 0.286. The number of nitrogens with one attached hydrogen (secondary N) is 2. The molecule has 0 saturated heterocycles. The topological polar surface area (TPSA) is 70.1 Å². The largest absolute Gasteiger partial charge is 0.387 e. The van der Waals surface area contributed by atoms with Crippen molar-refractivity contribution in [1.82, 2.24) is 9.97 Å². The minimum absolute atomic E-state index is 0.401. The molecule has 1 atom stereocenters. The predicted octanol–water partition coefficient (Wildman–Crippen LogP) is 2.39. The van der Waals surface area contributed by atoms with Crippen LogP contribution in [0.1, 0.15) is 11.7 Å². The minimum Gasteiger partial charge on any atom is -0.387 e. The first kappa shape index (κ1) is 14.6. The van der Waals surface area contributed by atoms with Crippen LogP contribution in [-0.4, -0.2) is 34.9 Å². The molecule has 2 rings (SSSR count). The van der Waals surface area contributed by atoms with Crippen molar-refractivity contribution in [3.63, 3.8) is 0 Å². The average molecular weight is 290 g/mol. The maximum atomic E-state index is 10.1. The van der Waals surface area contributed by atoms with Crippen LogP contribution in [0.3, 0.4) is 0 Å². The number of anilines is 2. The molecule has 0 bridgehead atoms. The molecule has 0 amide bonds. The number of aliphatic hydroxyl groups is 1. The number of hydrogen-bond donors (Lipinski definition) is 3. The summed E-state index contributed by atoms with van der Waals surface area (Å²) in [6.45, 7) is 0.401. The van der Waals surface area contributed by atoms with Crippen molar-refractivity contribution in [3.8, 4) is 0 Å². The highest BCUT2D eigenvalue weighted by atomic mass is 32.2. The van der Waals surface area contributed by atoms with E-state index in [1.165, 1.54) is 11.8 Å². The molecule has 1 aromatic heterocycles. The molecule has 0 aliphatic heterocycles. The molecule has 0 spiro atoms. The van der Waals surface area contributed by atoms with E-state index in [-0.39, 0.29) is 0 Å². The van der Waals surface area contributed by atoms with E-state index in [0.29, 0.717) is 17.5 Å². The van der Waals surface area contributed by atoms with Gasteiger partial charge in [-0.1, -0.05) is 42.1 Å². The Kier molecular flexibility index (Phi) is 5.20. The second kappa shape index (κ2) is 7.12. The highest BCUT2D eigenvalue weighted by Gasteiger charge is 2.08. The number of aromatic nitrogens is 2. The fourth-order valence-electron chi connectivity index (χ4n) is 1.73. The summed E-state index contributed by atoms with van der Waals surface area (Å²) in [5.41, 5.74) is 0.882. The minimum atomic E-state index is -0.568. The molecule has 1 aromatic carbocycles. The van der Waals surface area contributed by atoms with Crippen molar-refractivity contribution in [1.29, 1.82) is 0 Å². The highest BCUT2D eigenvalue weighted by molar-refractivity contribution is 7.98. The second-order valence-electron chi connectivity index (χ2n) is 4.18. The Morgan fingerprint density at radius 2 is 1.90 bits per heavy atom. The van der Waals surface area contributed by atoms with Crippen LogP contribution < -0.4 is 10.6 Å². The third-order valence-electron chi connectivity index (χ3n) is 2.81. The number of benzene rings is 1. The SMILES string of the molecule is CNc1cc(NCC(O)c2ccccc2)nc(SC)n1. The van der Waals surface area contributed by atoms with E-state index in [0.717, 1.165) is 11.4 Å². The van der Waals surface area contributed by atoms with Crippen LogP contribution in [0.4, 0.5) is 11.6 Å². The second-order valence-corrected chi connectivity index (χ2v) is 4.96. The molecule has 5 nitrogen and oxygen atoms in total. The predicted molar refractivity (Wildman–Crippen MR) is 83.3 cm³/mol. The van der Waals surface area contributed by atoms with Crippen molar-refractivity contribution in [2.45, 2.75) is 11.3 Å². The molecular weight excluding hydrogens is 272 g/mol. The molecule has 20 heavy (non-hydrogen) atoms. The Morgan fingerprint density at radius 3 is 2.55 bits per heavy atom. The maximum Gasteiger partial charge on any atom is 0.191 e. The van der Waals surface area contributed by atoms with Crippen molar-refractivity contribution in [2.75, 3.05) is 30.5 Å². The summed E-state index contributed by atoms with van der Waals surface area (Å²) in [5, 5.41) is 16.9. The van der Waals surface area contributed by atoms with Gasteiger partial charge in [-0.3, -0.25) is 0 Å². The van der Waals surface area contributed by atoms with Gasteiger partial charge < -0.3 is 15.7 Å². The van der Waals surface area contributed by atoms with Crippen molar-refractivity contribution >= 4 is 23.4 Å². The zero-order valence-electron chi connectivity index (χ0n) is 11.5. The van der Waals surface area contributed by atoms with Crippen LogP contribution in [0.25, 0.3) is 0 Å². The van der Waals surface area contributed by atoms with Gasteiger partial charge in [-0.05, 0) is 11.8 Å². The lowest BCUT2D eigenvalue weighted by Crippen LogP contribution is -2.13. The van der Waals surface area contributed by atoms with Crippen molar-refractivity contribution in [3.05, 3.63) is 42.0 Å². The molecule has 0 aliphatic rings. The zero-order chi connectivity index (χ0) is 14.4. The summed E-state index contributed by atoms with van der Waals surface area (Å²) in [6, 6.07) is 11.4. The van der Waals surface area contributed by atoms with E-state index < -0.39 is 6.10 Å². The molecule has 2 aromatic rings. The number of hydrogen-bond acceptors (Lipinski definition) is 6. The molecule has 0 radical (unpaired) electrons. The Labute approximate surface area is 122 Å². The lowest BCUT2D eigenvalue weighted by molar-refractivity contribution is 0.191. The van der Waals surface area contributed by atoms with Crippen molar-refractivity contribution < 1.29 is 5.11 Å². The molecule has 106 valence electrons. The van der Waals surface area contributed by atoms with E-state index in [9.17, 15) is 5.11 Å². The van der Waals surface area contributed by atoms with Crippen LogP contribution in [0.2, 0.25) is 0 Å². The van der Waals surface area contributed by atoms with E-state index in [4.69, 9.17) is 0 Å². The van der Waals surface area contributed by atoms with Crippen LogP contribution in [0.5, 0.6) is 0 Å². The van der Waals surface area contributed by atoms with E-state index in [2.05, 4.69) is 20.6 Å². The summed E-state index contributed by atoms with van der Waals surface area (Å²) >= 11 is 1.48. The Bertz CT molecular complexity index is 528. The molecule has 1 heterocycles. The Hall–Kier alpha value is -1.79. The maximum absolute atomic E-state index is 10.1. The number of aliphatic hydroxyl groups excluding tert-OH is 1. The quantitative estimate of drug-likeness (QED) is 0.560. The normalized spacial score (nSPS) is 11.9. The first-order valence-corrected chi connectivity index (χ1v) is 7.53. The van der Waals surface area contributed by atoms with Gasteiger partial charge in [-0.2, -0.15) is 0 Å². The third kappa shape index (κ3) is 3.85. The van der Waals surface area contributed by atoms with Gasteiger partial charge in [0, 0.05) is 19.7 Å². The number of nitrogens with zero attached hydrogens (tertiary/aromatic N) is 2. The molecule has 1 unspecified atom stereocenters. The van der Waals surface area contributed by atoms with Gasteiger partial charge in [0.05, 0.1) is 6.10 Å². The number of thioether (sulfide) groups is 1. The monoisotopic (exact) mass is 290 g/mol. The van der Waals surface area contributed by atoms with Crippen LogP contribution in [0, 0.1) is 0 Å². The van der Waals surface area contributed by atoms with Gasteiger partial charge >= 0.3 is 0 Å². The van der Waals surface area contributed by atoms with Gasteiger partial charge in [0.1, 0.15) is 11.6 Å². The zero-order valence-corrected chi connectivity index (χ0v) is 12.3. The fourth-order valence-corrected chi connectivity index (χ4v) is 2.11. The lowest BCUT2D eigenvalue weighted by atomic mass is 10.1. The summed E-state index contributed by atoms with van der Waals surface area (Å²) in [7, 11) is 1.81. The highest BCUT2D eigenvalue weighted by Crippen LogP contribution is 2.18. The first-order valence-electron chi connectivity index (χ1n) is 6.30. The van der Waals surface area contributed by atoms with Crippen LogP contribution in [0.15, 0.2) is 41.6 Å². The van der Waals surface area contributed by atoms with Gasteiger partial charge in [-0.25, -0.2) is 9.97 Å². The van der Waals surface area contributed by atoms with Crippen LogP contribution in [-0.2, 0) is 0 Å². The van der Waals surface area contributed by atoms with Gasteiger partial charge in [0.25, 0.3) is 0 Å². The number of rotatable bonds is 6. The first-order chi connectivity index (χ1) is 9.72. The summed E-state index contributed by atoms with van der Waals surface area (Å²) in [6.07, 6.45) is 1.36. The summed E-state index contributed by atoms with van der Waals surface area (Å²) < 4.78 is 0. The van der Waals surface area contributed by atoms with Crippen LogP contribution >= 0.6 is 11.8 Å². The van der Waals surface area contributed by atoms with Gasteiger partial charge in [-0.15, -0.1) is 0 Å². The van der Waals surface area contributed by atoms with Gasteiger partial charge in [0.15, 0.2) is 5.16 Å². The van der Waals surface area contributed by atoms with Crippen molar-refractivity contribution in [2.24, 2.45) is 0 Å². The van der Waals surface area contributed by atoms with E-state index in [1.54, 1.807) is 0 Å². The van der Waals surface area contributed by atoms with E-state index >= 15 is 0 Å². The Balaban J connectivity index is 2.03. The third-order valence-corrected chi connectivity index (χ3v) is 3.35.